The van der Waals surface area contributed by atoms with Gasteiger partial charge in [-0.3, -0.25) is 14.5 Å². The number of halogens is 1. The van der Waals surface area contributed by atoms with Crippen LogP contribution in [0, 0.1) is 0 Å². The van der Waals surface area contributed by atoms with Crippen molar-refractivity contribution < 1.29 is 28.6 Å². The van der Waals surface area contributed by atoms with Crippen LogP contribution < -0.4 is 4.74 Å². The summed E-state index contributed by atoms with van der Waals surface area (Å²) >= 11 is 6.20. The zero-order chi connectivity index (χ0) is 22.7. The lowest BCUT2D eigenvalue weighted by atomic mass is 9.99. The number of likely N-dealkylation sites (tertiary alicyclic amines) is 1. The molecule has 2 aliphatic rings. The standard InChI is InChI=1S/C23H25ClN2O6/c1-30-17-6-5-15(14-16(17)24)21(27)19-20(18-4-2-11-32-18)26(23(29)22(19)28)8-3-7-25-9-12-31-13-10-25/h2,4-6,11,14,20,27H,3,7-10,12-13H2,1H3/b21-19-. The number of rotatable bonds is 7. The van der Waals surface area contributed by atoms with E-state index in [0.29, 0.717) is 43.3 Å². The maximum atomic E-state index is 13.0. The number of morpholine rings is 1. The summed E-state index contributed by atoms with van der Waals surface area (Å²) < 4.78 is 16.1. The molecule has 0 spiro atoms. The van der Waals surface area contributed by atoms with Gasteiger partial charge in [0.1, 0.15) is 23.3 Å². The Hall–Kier alpha value is -2.81. The summed E-state index contributed by atoms with van der Waals surface area (Å²) in [5, 5.41) is 11.3. The summed E-state index contributed by atoms with van der Waals surface area (Å²) in [4.78, 5) is 29.6. The highest BCUT2D eigenvalue weighted by molar-refractivity contribution is 6.46. The number of aliphatic hydroxyl groups is 1. The summed E-state index contributed by atoms with van der Waals surface area (Å²) in [6.45, 7) is 4.22. The molecule has 1 aromatic carbocycles. The minimum absolute atomic E-state index is 0.0162. The number of benzene rings is 1. The summed E-state index contributed by atoms with van der Waals surface area (Å²) in [7, 11) is 1.49. The first-order valence-corrected chi connectivity index (χ1v) is 10.8. The Balaban J connectivity index is 1.63. The predicted octanol–water partition coefficient (Wildman–Crippen LogP) is 3.09. The highest BCUT2D eigenvalue weighted by Gasteiger charge is 2.47. The van der Waals surface area contributed by atoms with Crippen LogP contribution in [0.25, 0.3) is 5.76 Å². The molecule has 3 heterocycles. The molecule has 1 N–H and O–H groups in total. The SMILES string of the molecule is COc1ccc(/C(O)=C2/C(=O)C(=O)N(CCCN3CCOCC3)C2c2ccco2)cc1Cl. The number of hydrogen-bond donors (Lipinski definition) is 1. The lowest BCUT2D eigenvalue weighted by molar-refractivity contribution is -0.140. The number of carbonyl (C=O) groups is 2. The maximum Gasteiger partial charge on any atom is 0.295 e. The van der Waals surface area contributed by atoms with Gasteiger partial charge in [0, 0.05) is 31.7 Å². The first-order valence-electron chi connectivity index (χ1n) is 10.5. The van der Waals surface area contributed by atoms with Gasteiger partial charge in [0.25, 0.3) is 11.7 Å². The Morgan fingerprint density at radius 2 is 2.00 bits per heavy atom. The molecule has 0 saturated carbocycles. The van der Waals surface area contributed by atoms with Crippen LogP contribution in [0.15, 0.2) is 46.6 Å². The van der Waals surface area contributed by atoms with Gasteiger partial charge in [-0.05, 0) is 36.8 Å². The van der Waals surface area contributed by atoms with Crippen LogP contribution in [0.4, 0.5) is 0 Å². The minimum Gasteiger partial charge on any atom is -0.507 e. The van der Waals surface area contributed by atoms with E-state index in [2.05, 4.69) is 4.90 Å². The van der Waals surface area contributed by atoms with Gasteiger partial charge >= 0.3 is 0 Å². The van der Waals surface area contributed by atoms with Gasteiger partial charge < -0.3 is 23.9 Å². The molecule has 8 nitrogen and oxygen atoms in total. The lowest BCUT2D eigenvalue weighted by Gasteiger charge is -2.28. The van der Waals surface area contributed by atoms with Crippen LogP contribution in [0.5, 0.6) is 5.75 Å². The van der Waals surface area contributed by atoms with Gasteiger partial charge in [0.15, 0.2) is 0 Å². The molecule has 2 aliphatic heterocycles. The Kier molecular flexibility index (Phi) is 6.83. The number of ketones is 1. The third-order valence-corrected chi connectivity index (χ3v) is 6.05. The van der Waals surface area contributed by atoms with Crippen LogP contribution in [0.3, 0.4) is 0 Å². The fraction of sp³-hybridized carbons (Fsp3) is 0.391. The molecule has 1 unspecified atom stereocenters. The molecular weight excluding hydrogens is 436 g/mol. The van der Waals surface area contributed by atoms with Gasteiger partial charge in [-0.2, -0.15) is 0 Å². The van der Waals surface area contributed by atoms with E-state index in [1.165, 1.54) is 24.3 Å². The smallest absolute Gasteiger partial charge is 0.295 e. The van der Waals surface area contributed by atoms with Crippen molar-refractivity contribution in [3.8, 4) is 5.75 Å². The van der Waals surface area contributed by atoms with Crippen LogP contribution in [0.1, 0.15) is 23.8 Å². The van der Waals surface area contributed by atoms with Crippen molar-refractivity contribution >= 4 is 29.1 Å². The van der Waals surface area contributed by atoms with E-state index in [9.17, 15) is 14.7 Å². The van der Waals surface area contributed by atoms with Crippen molar-refractivity contribution in [1.82, 2.24) is 9.80 Å². The largest absolute Gasteiger partial charge is 0.507 e. The minimum atomic E-state index is -0.810. The number of furan rings is 1. The van der Waals surface area contributed by atoms with Gasteiger partial charge in [-0.15, -0.1) is 0 Å². The highest BCUT2D eigenvalue weighted by atomic mass is 35.5. The molecule has 2 fully saturated rings. The number of methoxy groups -OCH3 is 1. The second kappa shape index (κ2) is 9.77. The number of ether oxygens (including phenoxy) is 2. The number of hydrogen-bond acceptors (Lipinski definition) is 7. The van der Waals surface area contributed by atoms with Gasteiger partial charge in [0.05, 0.1) is 37.2 Å². The Morgan fingerprint density at radius 1 is 1.22 bits per heavy atom. The number of carbonyl (C=O) groups excluding carboxylic acids is 2. The quantitative estimate of drug-likeness (QED) is 0.385. The van der Waals surface area contributed by atoms with Crippen molar-refractivity contribution in [3.05, 3.63) is 58.5 Å². The molecule has 4 rings (SSSR count). The van der Waals surface area contributed by atoms with E-state index in [0.717, 1.165) is 19.6 Å². The molecule has 2 aromatic rings. The van der Waals surface area contributed by atoms with Gasteiger partial charge in [0.2, 0.25) is 0 Å². The normalized spacial score (nSPS) is 21.3. The second-order valence-electron chi connectivity index (χ2n) is 7.66. The molecule has 9 heteroatoms. The Morgan fingerprint density at radius 3 is 2.66 bits per heavy atom. The average Bonchev–Trinajstić information content (AvgIpc) is 3.42. The van der Waals surface area contributed by atoms with Crippen molar-refractivity contribution in [2.75, 3.05) is 46.5 Å². The van der Waals surface area contributed by atoms with E-state index >= 15 is 0 Å². The number of nitrogens with zero attached hydrogens (tertiary/aromatic N) is 2. The van der Waals surface area contributed by atoms with E-state index in [-0.39, 0.29) is 16.4 Å². The Labute approximate surface area is 190 Å². The zero-order valence-electron chi connectivity index (χ0n) is 17.8. The van der Waals surface area contributed by atoms with Crippen LogP contribution in [-0.2, 0) is 14.3 Å². The van der Waals surface area contributed by atoms with Crippen LogP contribution in [-0.4, -0.2) is 73.1 Å². The lowest BCUT2D eigenvalue weighted by Crippen LogP contribution is -2.38. The predicted molar refractivity (Wildman–Crippen MR) is 118 cm³/mol. The van der Waals surface area contributed by atoms with Crippen molar-refractivity contribution in [2.45, 2.75) is 12.5 Å². The molecule has 0 bridgehead atoms. The number of aliphatic hydroxyl groups excluding tert-OH is 1. The van der Waals surface area contributed by atoms with Crippen molar-refractivity contribution in [1.29, 1.82) is 0 Å². The average molecular weight is 461 g/mol. The van der Waals surface area contributed by atoms with Crippen molar-refractivity contribution in [3.63, 3.8) is 0 Å². The third-order valence-electron chi connectivity index (χ3n) is 5.75. The first kappa shape index (κ1) is 22.4. The summed E-state index contributed by atoms with van der Waals surface area (Å²) in [6, 6.07) is 7.26. The molecular formula is C23H25ClN2O6. The van der Waals surface area contributed by atoms with Crippen LogP contribution >= 0.6 is 11.6 Å². The fourth-order valence-corrected chi connectivity index (χ4v) is 4.37. The van der Waals surface area contributed by atoms with Gasteiger partial charge in [-0.1, -0.05) is 11.6 Å². The summed E-state index contributed by atoms with van der Waals surface area (Å²) in [5.74, 6) is -0.854. The second-order valence-corrected chi connectivity index (χ2v) is 8.07. The fourth-order valence-electron chi connectivity index (χ4n) is 4.11. The van der Waals surface area contributed by atoms with E-state index in [1.807, 2.05) is 0 Å². The molecule has 0 radical (unpaired) electrons. The molecule has 32 heavy (non-hydrogen) atoms. The number of Topliss-reactive ketones (excluding diaryl/α,β-unsaturated/α-hetero) is 1. The highest BCUT2D eigenvalue weighted by Crippen LogP contribution is 2.40. The van der Waals surface area contributed by atoms with E-state index < -0.39 is 17.7 Å². The Bertz CT molecular complexity index is 1010. The van der Waals surface area contributed by atoms with Gasteiger partial charge in [-0.25, -0.2) is 0 Å². The van der Waals surface area contributed by atoms with E-state index in [4.69, 9.17) is 25.5 Å². The third kappa shape index (κ3) is 4.39. The summed E-state index contributed by atoms with van der Waals surface area (Å²) in [6.07, 6.45) is 2.16. The first-order chi connectivity index (χ1) is 15.5. The zero-order valence-corrected chi connectivity index (χ0v) is 18.5. The molecule has 1 amide bonds. The molecule has 1 aromatic heterocycles. The molecule has 170 valence electrons. The number of amides is 1. The van der Waals surface area contributed by atoms with E-state index in [1.54, 1.807) is 24.3 Å². The summed E-state index contributed by atoms with van der Waals surface area (Å²) in [5.41, 5.74) is 0.302. The maximum absolute atomic E-state index is 13.0. The molecule has 0 aliphatic carbocycles. The van der Waals surface area contributed by atoms with Crippen molar-refractivity contribution in [2.24, 2.45) is 0 Å². The molecule has 2 saturated heterocycles. The molecule has 1 atom stereocenters. The topological polar surface area (TPSA) is 92.5 Å². The van der Waals surface area contributed by atoms with Crippen LogP contribution in [0.2, 0.25) is 5.02 Å². The monoisotopic (exact) mass is 460 g/mol.